The van der Waals surface area contributed by atoms with E-state index in [1.54, 1.807) is 31.4 Å². The fraction of sp³-hybridized carbons (Fsp3) is 0.0800. The first-order valence-electron chi connectivity index (χ1n) is 10.2. The smallest absolute Gasteiger partial charge is 0.196 e. The van der Waals surface area contributed by atoms with Crippen molar-refractivity contribution in [3.05, 3.63) is 89.6 Å². The van der Waals surface area contributed by atoms with Gasteiger partial charge in [-0.3, -0.25) is 9.36 Å². The molecule has 0 radical (unpaired) electrons. The molecule has 0 atom stereocenters. The predicted molar refractivity (Wildman–Crippen MR) is 132 cm³/mol. The summed E-state index contributed by atoms with van der Waals surface area (Å²) in [5.74, 6) is 1.62. The largest absolute Gasteiger partial charge is 0.497 e. The zero-order valence-electron chi connectivity index (χ0n) is 17.7. The molecule has 3 aromatic carbocycles. The molecular weight excluding hydrogens is 456 g/mol. The molecule has 164 valence electrons. The number of H-pyrrole nitrogens is 1. The molecule has 2 heterocycles. The van der Waals surface area contributed by atoms with E-state index in [4.69, 9.17) is 16.3 Å². The van der Waals surface area contributed by atoms with E-state index in [0.29, 0.717) is 21.6 Å². The number of Topliss-reactive ketones (excluding diaryl/α,β-unsaturated/α-hetero) is 1. The Morgan fingerprint density at radius 1 is 1.06 bits per heavy atom. The average Bonchev–Trinajstić information content (AvgIpc) is 3.47. The highest BCUT2D eigenvalue weighted by atomic mass is 35.5. The highest BCUT2D eigenvalue weighted by molar-refractivity contribution is 7.99. The second kappa shape index (κ2) is 9.13. The maximum atomic E-state index is 12.7. The molecular formula is C25H19ClN4O2S. The summed E-state index contributed by atoms with van der Waals surface area (Å²) in [4.78, 5) is 16.0. The summed E-state index contributed by atoms with van der Waals surface area (Å²) in [5, 5.41) is 11.2. The van der Waals surface area contributed by atoms with Crippen molar-refractivity contribution in [2.45, 2.75) is 5.16 Å². The van der Waals surface area contributed by atoms with Crippen LogP contribution in [0.5, 0.6) is 5.75 Å². The van der Waals surface area contributed by atoms with E-state index < -0.39 is 0 Å². The van der Waals surface area contributed by atoms with Crippen molar-refractivity contribution in [2.24, 2.45) is 0 Å². The van der Waals surface area contributed by atoms with Gasteiger partial charge in [0.1, 0.15) is 5.75 Å². The van der Waals surface area contributed by atoms with Gasteiger partial charge in [-0.1, -0.05) is 47.6 Å². The number of ketones is 1. The molecule has 0 amide bonds. The van der Waals surface area contributed by atoms with E-state index >= 15 is 0 Å². The van der Waals surface area contributed by atoms with Crippen LogP contribution in [0, 0.1) is 0 Å². The first-order chi connectivity index (χ1) is 16.1. The van der Waals surface area contributed by atoms with Crippen molar-refractivity contribution in [1.29, 1.82) is 0 Å². The number of para-hydroxylation sites is 1. The predicted octanol–water partition coefficient (Wildman–Crippen LogP) is 6.05. The Balaban J connectivity index is 1.55. The van der Waals surface area contributed by atoms with Crippen LogP contribution in [0.1, 0.15) is 10.4 Å². The van der Waals surface area contributed by atoms with E-state index in [1.807, 2.05) is 59.3 Å². The van der Waals surface area contributed by atoms with Crippen molar-refractivity contribution in [1.82, 2.24) is 19.7 Å². The highest BCUT2D eigenvalue weighted by Gasteiger charge is 2.20. The van der Waals surface area contributed by atoms with Gasteiger partial charge < -0.3 is 9.72 Å². The number of rotatable bonds is 7. The molecule has 2 aromatic heterocycles. The Labute approximate surface area is 199 Å². The number of ether oxygens (including phenoxy) is 1. The van der Waals surface area contributed by atoms with Gasteiger partial charge in [-0.15, -0.1) is 10.2 Å². The van der Waals surface area contributed by atoms with Gasteiger partial charge in [-0.25, -0.2) is 0 Å². The van der Waals surface area contributed by atoms with Crippen molar-refractivity contribution in [3.63, 3.8) is 0 Å². The number of nitrogens with one attached hydrogen (secondary N) is 1. The number of aromatic nitrogens is 4. The minimum absolute atomic E-state index is 0.00879. The van der Waals surface area contributed by atoms with E-state index in [9.17, 15) is 4.79 Å². The van der Waals surface area contributed by atoms with E-state index in [2.05, 4.69) is 15.2 Å². The zero-order chi connectivity index (χ0) is 22.8. The molecule has 0 spiro atoms. The summed E-state index contributed by atoms with van der Waals surface area (Å²) in [5.41, 5.74) is 3.40. The van der Waals surface area contributed by atoms with E-state index in [-0.39, 0.29) is 11.5 Å². The van der Waals surface area contributed by atoms with E-state index in [0.717, 1.165) is 27.9 Å². The van der Waals surface area contributed by atoms with Gasteiger partial charge >= 0.3 is 0 Å². The average molecular weight is 475 g/mol. The van der Waals surface area contributed by atoms with Crippen molar-refractivity contribution >= 4 is 40.0 Å². The summed E-state index contributed by atoms with van der Waals surface area (Å²) >= 11 is 7.29. The second-order valence-electron chi connectivity index (χ2n) is 7.31. The topological polar surface area (TPSA) is 72.8 Å². The summed E-state index contributed by atoms with van der Waals surface area (Å²) in [7, 11) is 1.63. The fourth-order valence-electron chi connectivity index (χ4n) is 3.63. The van der Waals surface area contributed by atoms with Gasteiger partial charge in [0.05, 0.1) is 18.6 Å². The highest BCUT2D eigenvalue weighted by Crippen LogP contribution is 2.33. The van der Waals surface area contributed by atoms with Crippen molar-refractivity contribution < 1.29 is 9.53 Å². The quantitative estimate of drug-likeness (QED) is 0.229. The van der Waals surface area contributed by atoms with Crippen LogP contribution < -0.4 is 4.74 Å². The van der Waals surface area contributed by atoms with Crippen molar-refractivity contribution in [3.8, 4) is 22.8 Å². The lowest BCUT2D eigenvalue weighted by atomic mass is 10.1. The minimum atomic E-state index is -0.00879. The first-order valence-corrected chi connectivity index (χ1v) is 11.6. The molecule has 6 nitrogen and oxygen atoms in total. The Morgan fingerprint density at radius 3 is 2.70 bits per heavy atom. The normalized spacial score (nSPS) is 11.1. The lowest BCUT2D eigenvalue weighted by molar-refractivity contribution is 0.102. The number of nitrogens with zero attached hydrogens (tertiary/aromatic N) is 3. The number of methoxy groups -OCH3 is 1. The van der Waals surface area contributed by atoms with Gasteiger partial charge in [-0.05, 0) is 42.5 Å². The van der Waals surface area contributed by atoms with Gasteiger partial charge in [0, 0.05) is 39.3 Å². The third kappa shape index (κ3) is 4.25. The number of aromatic amines is 1. The van der Waals surface area contributed by atoms with Gasteiger partial charge in [0.2, 0.25) is 0 Å². The van der Waals surface area contributed by atoms with Crippen molar-refractivity contribution in [2.75, 3.05) is 12.9 Å². The van der Waals surface area contributed by atoms with Gasteiger partial charge in [0.25, 0.3) is 0 Å². The van der Waals surface area contributed by atoms with E-state index in [1.165, 1.54) is 11.8 Å². The number of benzene rings is 3. The maximum Gasteiger partial charge on any atom is 0.196 e. The number of carbonyl (C=O) groups excluding carboxylic acids is 1. The Morgan fingerprint density at radius 2 is 1.88 bits per heavy atom. The van der Waals surface area contributed by atoms with Gasteiger partial charge in [0.15, 0.2) is 16.8 Å². The van der Waals surface area contributed by atoms with Crippen LogP contribution in [-0.4, -0.2) is 38.4 Å². The third-order valence-corrected chi connectivity index (χ3v) is 6.45. The Bertz CT molecular complexity index is 1440. The molecule has 5 rings (SSSR count). The van der Waals surface area contributed by atoms with Crippen LogP contribution in [0.3, 0.4) is 0 Å². The lowest BCUT2D eigenvalue weighted by Crippen LogP contribution is -2.05. The summed E-state index contributed by atoms with van der Waals surface area (Å²) in [6.07, 6.45) is 1.93. The SMILES string of the molecule is COc1cccc(-n2c(SCC(=O)c3ccc(Cl)cc3)nnc2-c2c[nH]c3ccccc23)c1. The first kappa shape index (κ1) is 21.3. The van der Waals surface area contributed by atoms with Crippen LogP contribution in [-0.2, 0) is 0 Å². The van der Waals surface area contributed by atoms with Crippen LogP contribution in [0.2, 0.25) is 5.02 Å². The Kier molecular flexibility index (Phi) is 5.90. The minimum Gasteiger partial charge on any atom is -0.497 e. The molecule has 0 unspecified atom stereocenters. The molecule has 0 aliphatic carbocycles. The standard InChI is InChI=1S/C25H19ClN4O2S/c1-32-19-6-4-5-18(13-19)30-24(21-14-27-22-8-3-2-7-20(21)22)28-29-25(30)33-15-23(31)16-9-11-17(26)12-10-16/h2-14,27H,15H2,1H3. The molecule has 0 fully saturated rings. The molecule has 0 bridgehead atoms. The number of hydrogen-bond acceptors (Lipinski definition) is 5. The monoisotopic (exact) mass is 474 g/mol. The molecule has 0 saturated carbocycles. The van der Waals surface area contributed by atoms with Crippen LogP contribution in [0.4, 0.5) is 0 Å². The second-order valence-corrected chi connectivity index (χ2v) is 8.69. The zero-order valence-corrected chi connectivity index (χ0v) is 19.2. The molecule has 8 heteroatoms. The summed E-state index contributed by atoms with van der Waals surface area (Å²) in [6.45, 7) is 0. The number of thioether (sulfide) groups is 1. The molecule has 33 heavy (non-hydrogen) atoms. The number of fused-ring (bicyclic) bond motifs is 1. The number of hydrogen-bond donors (Lipinski definition) is 1. The van der Waals surface area contributed by atoms with Crippen LogP contribution >= 0.6 is 23.4 Å². The molecule has 0 saturated heterocycles. The molecule has 1 N–H and O–H groups in total. The molecule has 5 aromatic rings. The van der Waals surface area contributed by atoms with Crippen LogP contribution in [0.25, 0.3) is 28.0 Å². The fourth-order valence-corrected chi connectivity index (χ4v) is 4.60. The maximum absolute atomic E-state index is 12.7. The summed E-state index contributed by atoms with van der Waals surface area (Å²) in [6, 6.07) is 22.6. The summed E-state index contributed by atoms with van der Waals surface area (Å²) < 4.78 is 7.38. The van der Waals surface area contributed by atoms with Gasteiger partial charge in [-0.2, -0.15) is 0 Å². The van der Waals surface area contributed by atoms with Crippen LogP contribution in [0.15, 0.2) is 84.1 Å². The molecule has 0 aliphatic rings. The number of carbonyl (C=O) groups is 1. The third-order valence-electron chi connectivity index (χ3n) is 5.27. The Hall–Kier alpha value is -3.55. The molecule has 0 aliphatic heterocycles. The number of halogens is 1. The lowest BCUT2D eigenvalue weighted by Gasteiger charge is -2.11.